The molecule has 5 rings (SSSR count). The van der Waals surface area contributed by atoms with Gasteiger partial charge in [0.15, 0.2) is 5.78 Å². The van der Waals surface area contributed by atoms with E-state index >= 15 is 0 Å². The van der Waals surface area contributed by atoms with E-state index in [9.17, 15) is 9.59 Å². The standard InChI is InChI=1S/C33H37N3O4/c1-33(2)19-26-31(28(37)20-33)32(24-9-5-8-12-29(24)40-4)36(27-11-7-6-10-25(27)35-26)21-30(38)34-18-17-22-13-15-23(39-3)16-14-22/h5-16,32,35H,17-21H2,1-4H3,(H,34,38). The SMILES string of the molecule is COc1ccc(CCNC(=O)CN2c3ccccc3NC3=C(C(=O)CC(C)(C)C3)C2c2ccccc2OC)cc1. The van der Waals surface area contributed by atoms with Crippen LogP contribution in [0.4, 0.5) is 11.4 Å². The molecule has 1 aliphatic carbocycles. The number of benzene rings is 3. The van der Waals surface area contributed by atoms with Crippen molar-refractivity contribution in [2.24, 2.45) is 5.41 Å². The third kappa shape index (κ3) is 5.69. The zero-order valence-corrected chi connectivity index (χ0v) is 23.6. The number of carbonyl (C=O) groups excluding carboxylic acids is 2. The smallest absolute Gasteiger partial charge is 0.239 e. The average molecular weight is 540 g/mol. The van der Waals surface area contributed by atoms with Gasteiger partial charge in [-0.2, -0.15) is 0 Å². The summed E-state index contributed by atoms with van der Waals surface area (Å²) < 4.78 is 11.0. The predicted octanol–water partition coefficient (Wildman–Crippen LogP) is 5.68. The summed E-state index contributed by atoms with van der Waals surface area (Å²) in [5.41, 5.74) is 5.15. The minimum absolute atomic E-state index is 0.0808. The van der Waals surface area contributed by atoms with Gasteiger partial charge in [0, 0.05) is 29.8 Å². The molecule has 1 atom stereocenters. The minimum atomic E-state index is -0.488. The van der Waals surface area contributed by atoms with Crippen molar-refractivity contribution < 1.29 is 19.1 Å². The van der Waals surface area contributed by atoms with Crippen LogP contribution < -0.4 is 25.0 Å². The van der Waals surface area contributed by atoms with E-state index in [0.717, 1.165) is 40.4 Å². The Kier molecular flexibility index (Phi) is 7.83. The summed E-state index contributed by atoms with van der Waals surface area (Å²) in [7, 11) is 3.28. The zero-order chi connectivity index (χ0) is 28.3. The maximum Gasteiger partial charge on any atom is 0.239 e. The number of nitrogens with one attached hydrogen (secondary N) is 2. The second kappa shape index (κ2) is 11.5. The second-order valence-electron chi connectivity index (χ2n) is 11.2. The number of Topliss-reactive ketones (excluding diaryl/α,β-unsaturated/α-hetero) is 1. The van der Waals surface area contributed by atoms with Crippen LogP contribution in [-0.2, 0) is 16.0 Å². The highest BCUT2D eigenvalue weighted by atomic mass is 16.5. The number of nitrogens with zero attached hydrogens (tertiary/aromatic N) is 1. The molecule has 7 nitrogen and oxygen atoms in total. The number of fused-ring (bicyclic) bond motifs is 1. The lowest BCUT2D eigenvalue weighted by molar-refractivity contribution is -0.120. The van der Waals surface area contributed by atoms with E-state index in [0.29, 0.717) is 30.7 Å². The van der Waals surface area contributed by atoms with Crippen LogP contribution in [0.25, 0.3) is 0 Å². The summed E-state index contributed by atoms with van der Waals surface area (Å²) in [5, 5.41) is 6.69. The number of ketones is 1. The van der Waals surface area contributed by atoms with E-state index in [1.54, 1.807) is 14.2 Å². The molecule has 208 valence electrons. The van der Waals surface area contributed by atoms with Crippen LogP contribution in [0.15, 0.2) is 84.1 Å². The van der Waals surface area contributed by atoms with Gasteiger partial charge in [-0.05, 0) is 54.2 Å². The van der Waals surface area contributed by atoms with Crippen molar-refractivity contribution in [3.8, 4) is 11.5 Å². The van der Waals surface area contributed by atoms with Gasteiger partial charge in [0.2, 0.25) is 5.91 Å². The molecule has 0 saturated carbocycles. The Morgan fingerprint density at radius 3 is 2.45 bits per heavy atom. The first kappa shape index (κ1) is 27.3. The molecule has 2 aliphatic rings. The van der Waals surface area contributed by atoms with Gasteiger partial charge in [0.1, 0.15) is 11.5 Å². The van der Waals surface area contributed by atoms with Crippen LogP contribution in [0.5, 0.6) is 11.5 Å². The van der Waals surface area contributed by atoms with Crippen molar-refractivity contribution in [2.75, 3.05) is 37.5 Å². The summed E-state index contributed by atoms with van der Waals surface area (Å²) in [6.45, 7) is 4.83. The van der Waals surface area contributed by atoms with E-state index in [1.807, 2.05) is 77.7 Å². The summed E-state index contributed by atoms with van der Waals surface area (Å²) in [6, 6.07) is 23.1. The molecule has 0 aromatic heterocycles. The molecule has 0 fully saturated rings. The number of para-hydroxylation sites is 3. The van der Waals surface area contributed by atoms with E-state index < -0.39 is 6.04 Å². The van der Waals surface area contributed by atoms with Gasteiger partial charge in [0.05, 0.1) is 38.2 Å². The van der Waals surface area contributed by atoms with Gasteiger partial charge in [-0.25, -0.2) is 0 Å². The highest BCUT2D eigenvalue weighted by Gasteiger charge is 2.42. The van der Waals surface area contributed by atoms with Crippen LogP contribution in [0.1, 0.15) is 43.9 Å². The Morgan fingerprint density at radius 1 is 0.975 bits per heavy atom. The molecule has 1 heterocycles. The normalized spacial score (nSPS) is 17.8. The number of amides is 1. The van der Waals surface area contributed by atoms with Gasteiger partial charge in [0.25, 0.3) is 0 Å². The van der Waals surface area contributed by atoms with Crippen LogP contribution in [0.2, 0.25) is 0 Å². The molecule has 40 heavy (non-hydrogen) atoms. The number of anilines is 2. The number of hydrogen-bond acceptors (Lipinski definition) is 6. The largest absolute Gasteiger partial charge is 0.497 e. The van der Waals surface area contributed by atoms with Crippen molar-refractivity contribution in [2.45, 2.75) is 39.2 Å². The van der Waals surface area contributed by atoms with Crippen LogP contribution in [-0.4, -0.2) is 39.0 Å². The fourth-order valence-electron chi connectivity index (χ4n) is 5.79. The average Bonchev–Trinajstić information content (AvgIpc) is 3.07. The number of carbonyl (C=O) groups is 2. The third-order valence-electron chi connectivity index (χ3n) is 7.65. The molecule has 3 aromatic carbocycles. The monoisotopic (exact) mass is 539 g/mol. The summed E-state index contributed by atoms with van der Waals surface area (Å²) in [6.07, 6.45) is 1.88. The number of rotatable bonds is 8. The van der Waals surface area contributed by atoms with Crippen LogP contribution >= 0.6 is 0 Å². The Bertz CT molecular complexity index is 1430. The van der Waals surface area contributed by atoms with Crippen LogP contribution in [0, 0.1) is 5.41 Å². The molecule has 0 bridgehead atoms. The second-order valence-corrected chi connectivity index (χ2v) is 11.2. The van der Waals surface area contributed by atoms with Gasteiger partial charge >= 0.3 is 0 Å². The number of ether oxygens (including phenoxy) is 2. The van der Waals surface area contributed by atoms with E-state index in [4.69, 9.17) is 9.47 Å². The number of allylic oxidation sites excluding steroid dienone is 1. The highest BCUT2D eigenvalue weighted by Crippen LogP contribution is 2.49. The van der Waals surface area contributed by atoms with Crippen molar-refractivity contribution in [3.63, 3.8) is 0 Å². The molecule has 3 aromatic rings. The van der Waals surface area contributed by atoms with Crippen molar-refractivity contribution in [1.82, 2.24) is 5.32 Å². The molecule has 2 N–H and O–H groups in total. The maximum atomic E-state index is 13.9. The van der Waals surface area contributed by atoms with E-state index in [1.165, 1.54) is 0 Å². The quantitative estimate of drug-likeness (QED) is 0.384. The predicted molar refractivity (Wildman–Crippen MR) is 158 cm³/mol. The van der Waals surface area contributed by atoms with E-state index in [2.05, 4.69) is 24.5 Å². The van der Waals surface area contributed by atoms with Gasteiger partial charge in [-0.15, -0.1) is 0 Å². The Labute approximate surface area is 236 Å². The van der Waals surface area contributed by atoms with Crippen molar-refractivity contribution in [1.29, 1.82) is 0 Å². The zero-order valence-electron chi connectivity index (χ0n) is 23.6. The van der Waals surface area contributed by atoms with Crippen LogP contribution in [0.3, 0.4) is 0 Å². The Balaban J connectivity index is 1.50. The fraction of sp³-hybridized carbons (Fsp3) is 0.333. The third-order valence-corrected chi connectivity index (χ3v) is 7.65. The first-order valence-corrected chi connectivity index (χ1v) is 13.7. The molecule has 0 radical (unpaired) electrons. The number of hydrogen-bond donors (Lipinski definition) is 2. The van der Waals surface area contributed by atoms with Gasteiger partial charge in [-0.1, -0.05) is 56.3 Å². The lowest BCUT2D eigenvalue weighted by atomic mass is 9.73. The van der Waals surface area contributed by atoms with E-state index in [-0.39, 0.29) is 23.7 Å². The fourth-order valence-corrected chi connectivity index (χ4v) is 5.79. The lowest BCUT2D eigenvalue weighted by Gasteiger charge is -2.38. The van der Waals surface area contributed by atoms with Gasteiger partial charge in [-0.3, -0.25) is 9.59 Å². The summed E-state index contributed by atoms with van der Waals surface area (Å²) >= 11 is 0. The number of methoxy groups -OCH3 is 2. The maximum absolute atomic E-state index is 13.9. The molecular formula is C33H37N3O4. The topological polar surface area (TPSA) is 79.9 Å². The van der Waals surface area contributed by atoms with Crippen molar-refractivity contribution in [3.05, 3.63) is 95.2 Å². The molecular weight excluding hydrogens is 502 g/mol. The Morgan fingerprint density at radius 2 is 1.70 bits per heavy atom. The highest BCUT2D eigenvalue weighted by molar-refractivity contribution is 6.02. The molecule has 0 saturated heterocycles. The summed E-state index contributed by atoms with van der Waals surface area (Å²) in [5.74, 6) is 1.46. The van der Waals surface area contributed by atoms with Gasteiger partial charge < -0.3 is 25.0 Å². The lowest BCUT2D eigenvalue weighted by Crippen LogP contribution is -2.42. The molecule has 1 unspecified atom stereocenters. The minimum Gasteiger partial charge on any atom is -0.497 e. The molecule has 1 aliphatic heterocycles. The first-order valence-electron chi connectivity index (χ1n) is 13.7. The molecule has 0 spiro atoms. The summed E-state index contributed by atoms with van der Waals surface area (Å²) in [4.78, 5) is 29.4. The molecule has 7 heteroatoms. The Hall–Kier alpha value is -4.26. The first-order chi connectivity index (χ1) is 19.3. The molecule has 1 amide bonds. The van der Waals surface area contributed by atoms with Crippen molar-refractivity contribution >= 4 is 23.1 Å².